The first kappa shape index (κ1) is 17.9. The highest BCUT2D eigenvalue weighted by Crippen LogP contribution is 2.19. The maximum Gasteiger partial charge on any atom is 0.242 e. The normalized spacial score (nSPS) is 19.3. The minimum atomic E-state index is -0.638. The van der Waals surface area contributed by atoms with Crippen LogP contribution < -0.4 is 0 Å². The zero-order valence-electron chi connectivity index (χ0n) is 15.0. The molecule has 8 nitrogen and oxygen atoms in total. The summed E-state index contributed by atoms with van der Waals surface area (Å²) in [6.07, 6.45) is 1.57. The van der Waals surface area contributed by atoms with E-state index in [-0.39, 0.29) is 18.4 Å². The molecular formula is C17H27N5O3. The molecule has 0 aromatic carbocycles. The van der Waals surface area contributed by atoms with Gasteiger partial charge in [-0.2, -0.15) is 5.10 Å². The highest BCUT2D eigenvalue weighted by atomic mass is 16.3. The van der Waals surface area contributed by atoms with Crippen LogP contribution in [0.1, 0.15) is 36.8 Å². The number of amides is 2. The van der Waals surface area contributed by atoms with Gasteiger partial charge in [0.2, 0.25) is 11.8 Å². The van der Waals surface area contributed by atoms with E-state index in [0.29, 0.717) is 38.3 Å². The molecule has 1 unspecified atom stereocenters. The fraction of sp³-hybridized carbons (Fsp3) is 0.706. The Bertz CT molecular complexity index is 642. The van der Waals surface area contributed by atoms with E-state index in [1.807, 2.05) is 29.7 Å². The van der Waals surface area contributed by atoms with Gasteiger partial charge in [-0.1, -0.05) is 0 Å². The van der Waals surface area contributed by atoms with Crippen LogP contribution in [-0.4, -0.2) is 81.7 Å². The lowest BCUT2D eigenvalue weighted by molar-refractivity contribution is -0.138. The number of fused-ring (bicyclic) bond motifs is 1. The van der Waals surface area contributed by atoms with Crippen molar-refractivity contribution in [2.24, 2.45) is 0 Å². The van der Waals surface area contributed by atoms with Gasteiger partial charge in [-0.05, 0) is 33.0 Å². The fourth-order valence-corrected chi connectivity index (χ4v) is 3.43. The largest absolute Gasteiger partial charge is 0.385 e. The summed E-state index contributed by atoms with van der Waals surface area (Å²) < 4.78 is 1.89. The first-order valence-corrected chi connectivity index (χ1v) is 8.89. The van der Waals surface area contributed by atoms with Gasteiger partial charge in [-0.25, -0.2) is 0 Å². The summed E-state index contributed by atoms with van der Waals surface area (Å²) in [5.41, 5.74) is 1.58. The average molecular weight is 349 g/mol. The third kappa shape index (κ3) is 4.19. The standard InChI is InChI=1S/C17H27N5O3/c1-19(2)11-15(23)14-9-13-10-20(7-4-8-22(13)18-14)17(25)12-21-6-3-5-16(21)24/h9,15,23H,3-8,10-12H2,1-2H3. The van der Waals surface area contributed by atoms with Crippen LogP contribution in [0.15, 0.2) is 6.07 Å². The van der Waals surface area contributed by atoms with E-state index in [9.17, 15) is 14.7 Å². The zero-order chi connectivity index (χ0) is 18.0. The van der Waals surface area contributed by atoms with Crippen molar-refractivity contribution in [2.75, 3.05) is 40.3 Å². The van der Waals surface area contributed by atoms with Gasteiger partial charge in [0.05, 0.1) is 24.5 Å². The topological polar surface area (TPSA) is 81.9 Å². The number of carbonyl (C=O) groups is 2. The third-order valence-electron chi connectivity index (χ3n) is 4.76. The van der Waals surface area contributed by atoms with Gasteiger partial charge in [0.25, 0.3) is 0 Å². The van der Waals surface area contributed by atoms with Gasteiger partial charge in [0, 0.05) is 32.6 Å². The van der Waals surface area contributed by atoms with Crippen LogP contribution in [0.3, 0.4) is 0 Å². The molecule has 0 bridgehead atoms. The van der Waals surface area contributed by atoms with Crippen LogP contribution in [0.4, 0.5) is 0 Å². The maximum absolute atomic E-state index is 12.6. The molecule has 0 spiro atoms. The maximum atomic E-state index is 12.6. The van der Waals surface area contributed by atoms with Gasteiger partial charge >= 0.3 is 0 Å². The number of rotatable bonds is 5. The number of aromatic nitrogens is 2. The lowest BCUT2D eigenvalue weighted by Crippen LogP contribution is -2.40. The Hall–Kier alpha value is -1.93. The zero-order valence-corrected chi connectivity index (χ0v) is 15.0. The number of hydrogen-bond donors (Lipinski definition) is 1. The lowest BCUT2D eigenvalue weighted by Gasteiger charge is -2.23. The van der Waals surface area contributed by atoms with Crippen molar-refractivity contribution in [2.45, 2.75) is 38.5 Å². The van der Waals surface area contributed by atoms with Crippen LogP contribution >= 0.6 is 0 Å². The Labute approximate surface area is 148 Å². The molecule has 2 aliphatic rings. The van der Waals surface area contributed by atoms with Crippen molar-refractivity contribution in [3.8, 4) is 0 Å². The summed E-state index contributed by atoms with van der Waals surface area (Å²) in [6.45, 7) is 3.23. The number of carbonyl (C=O) groups excluding carboxylic acids is 2. The quantitative estimate of drug-likeness (QED) is 0.798. The molecule has 0 saturated carbocycles. The van der Waals surface area contributed by atoms with Crippen LogP contribution in [0.25, 0.3) is 0 Å². The summed E-state index contributed by atoms with van der Waals surface area (Å²) in [4.78, 5) is 29.7. The molecule has 1 atom stereocenters. The molecule has 1 aromatic heterocycles. The second-order valence-corrected chi connectivity index (χ2v) is 7.15. The number of likely N-dealkylation sites (tertiary alicyclic amines) is 1. The van der Waals surface area contributed by atoms with E-state index in [1.54, 1.807) is 9.80 Å². The molecule has 3 heterocycles. The molecule has 1 fully saturated rings. The Kier molecular flexibility index (Phi) is 5.39. The SMILES string of the molecule is CN(C)CC(O)c1cc2n(n1)CCCN(C(=O)CN1CCCC1=O)C2. The number of likely N-dealkylation sites (N-methyl/N-ethyl adjacent to an activating group) is 1. The van der Waals surface area contributed by atoms with Crippen LogP contribution in [-0.2, 0) is 22.7 Å². The van der Waals surface area contributed by atoms with Crippen LogP contribution in [0.2, 0.25) is 0 Å². The van der Waals surface area contributed by atoms with Gasteiger partial charge in [0.15, 0.2) is 0 Å². The number of aliphatic hydroxyl groups is 1. The van der Waals surface area contributed by atoms with Crippen molar-refractivity contribution in [3.05, 3.63) is 17.5 Å². The van der Waals surface area contributed by atoms with Crippen LogP contribution in [0.5, 0.6) is 0 Å². The van der Waals surface area contributed by atoms with Crippen molar-refractivity contribution in [1.82, 2.24) is 24.5 Å². The van der Waals surface area contributed by atoms with Gasteiger partial charge in [-0.3, -0.25) is 14.3 Å². The van der Waals surface area contributed by atoms with Gasteiger partial charge in [-0.15, -0.1) is 0 Å². The highest BCUT2D eigenvalue weighted by Gasteiger charge is 2.27. The monoisotopic (exact) mass is 349 g/mol. The second-order valence-electron chi connectivity index (χ2n) is 7.15. The van der Waals surface area contributed by atoms with E-state index in [0.717, 1.165) is 25.1 Å². The van der Waals surface area contributed by atoms with Gasteiger partial charge < -0.3 is 19.8 Å². The number of aliphatic hydroxyl groups excluding tert-OH is 1. The summed E-state index contributed by atoms with van der Waals surface area (Å²) in [6, 6.07) is 1.89. The fourth-order valence-electron chi connectivity index (χ4n) is 3.43. The third-order valence-corrected chi connectivity index (χ3v) is 4.76. The summed E-state index contributed by atoms with van der Waals surface area (Å²) in [5.74, 6) is 0.0580. The molecule has 25 heavy (non-hydrogen) atoms. The van der Waals surface area contributed by atoms with E-state index in [2.05, 4.69) is 5.10 Å². The summed E-state index contributed by atoms with van der Waals surface area (Å²) in [5, 5.41) is 14.8. The van der Waals surface area contributed by atoms with Crippen molar-refractivity contribution in [3.63, 3.8) is 0 Å². The Morgan fingerprint density at radius 2 is 2.12 bits per heavy atom. The van der Waals surface area contributed by atoms with Crippen molar-refractivity contribution in [1.29, 1.82) is 0 Å². The molecule has 0 aliphatic carbocycles. The Balaban J connectivity index is 1.67. The molecule has 138 valence electrons. The second kappa shape index (κ2) is 7.53. The van der Waals surface area contributed by atoms with Crippen LogP contribution in [0, 0.1) is 0 Å². The molecule has 0 radical (unpaired) electrons. The number of hydrogen-bond acceptors (Lipinski definition) is 5. The highest BCUT2D eigenvalue weighted by molar-refractivity contribution is 5.85. The Morgan fingerprint density at radius 1 is 1.32 bits per heavy atom. The lowest BCUT2D eigenvalue weighted by atomic mass is 10.2. The van der Waals surface area contributed by atoms with E-state index < -0.39 is 6.10 Å². The van der Waals surface area contributed by atoms with Crippen molar-refractivity contribution < 1.29 is 14.7 Å². The number of nitrogens with zero attached hydrogens (tertiary/aromatic N) is 5. The first-order valence-electron chi connectivity index (χ1n) is 8.89. The Morgan fingerprint density at radius 3 is 2.80 bits per heavy atom. The molecule has 1 aromatic rings. The predicted molar refractivity (Wildman–Crippen MR) is 91.6 cm³/mol. The molecule has 1 saturated heterocycles. The van der Waals surface area contributed by atoms with Crippen molar-refractivity contribution >= 4 is 11.8 Å². The van der Waals surface area contributed by atoms with Gasteiger partial charge in [0.1, 0.15) is 6.10 Å². The molecule has 2 amide bonds. The molecular weight excluding hydrogens is 322 g/mol. The minimum absolute atomic E-state index is 0.0136. The first-order chi connectivity index (χ1) is 11.9. The molecule has 3 rings (SSSR count). The van der Waals surface area contributed by atoms with E-state index in [4.69, 9.17) is 0 Å². The number of aryl methyl sites for hydroxylation is 1. The molecule has 1 N–H and O–H groups in total. The van der Waals surface area contributed by atoms with E-state index in [1.165, 1.54) is 0 Å². The summed E-state index contributed by atoms with van der Waals surface area (Å²) >= 11 is 0. The molecule has 2 aliphatic heterocycles. The average Bonchev–Trinajstić information content (AvgIpc) is 3.07. The minimum Gasteiger partial charge on any atom is -0.385 e. The predicted octanol–water partition coefficient (Wildman–Crippen LogP) is -0.167. The van der Waals surface area contributed by atoms with E-state index >= 15 is 0 Å². The smallest absolute Gasteiger partial charge is 0.242 e. The summed E-state index contributed by atoms with van der Waals surface area (Å²) in [7, 11) is 3.81. The molecule has 8 heteroatoms.